The summed E-state index contributed by atoms with van der Waals surface area (Å²) in [4.78, 5) is 27.8. The Kier molecular flexibility index (Phi) is 8.74. The fraction of sp³-hybridized carbons (Fsp3) is 0.333. The number of hydrogen-bond acceptors (Lipinski definition) is 4. The van der Waals surface area contributed by atoms with Gasteiger partial charge in [-0.2, -0.15) is 13.2 Å². The molecule has 0 aromatic heterocycles. The number of amides is 2. The molecule has 1 aliphatic heterocycles. The van der Waals surface area contributed by atoms with Crippen LogP contribution in [0.5, 0.6) is 11.5 Å². The molecule has 7 nitrogen and oxygen atoms in total. The Hall–Kier alpha value is -4.28. The van der Waals surface area contributed by atoms with Gasteiger partial charge >= 0.3 is 18.2 Å². The molecule has 1 N–H and O–H groups in total. The molecule has 4 rings (SSSR count). The molecule has 1 fully saturated rings. The molecule has 0 saturated carbocycles. The van der Waals surface area contributed by atoms with Gasteiger partial charge in [-0.3, -0.25) is 0 Å². The number of alkyl halides is 3. The Morgan fingerprint density at radius 1 is 1.00 bits per heavy atom. The summed E-state index contributed by atoms with van der Waals surface area (Å²) < 4.78 is 63.8. The predicted molar refractivity (Wildman–Crippen MR) is 142 cm³/mol. The quantitative estimate of drug-likeness (QED) is 0.284. The van der Waals surface area contributed by atoms with Crippen molar-refractivity contribution < 1.29 is 41.7 Å². The number of hydrogen-bond donors (Lipinski definition) is 1. The molecule has 11 heteroatoms. The molecule has 3 aromatic carbocycles. The van der Waals surface area contributed by atoms with Crippen molar-refractivity contribution in [2.45, 2.75) is 44.1 Å². The first-order valence-electron chi connectivity index (χ1n) is 12.9. The molecule has 41 heavy (non-hydrogen) atoms. The lowest BCUT2D eigenvalue weighted by molar-refractivity contribution is -0.153. The Labute approximate surface area is 234 Å². The lowest BCUT2D eigenvalue weighted by Crippen LogP contribution is -2.43. The number of urea groups is 1. The first-order valence-corrected chi connectivity index (χ1v) is 12.9. The van der Waals surface area contributed by atoms with E-state index < -0.39 is 29.1 Å². The molecular weight excluding hydrogens is 544 g/mol. The number of carbonyl (C=O) groups is 2. The van der Waals surface area contributed by atoms with Crippen molar-refractivity contribution in [3.63, 3.8) is 0 Å². The zero-order chi connectivity index (χ0) is 29.8. The number of rotatable bonds is 11. The summed E-state index contributed by atoms with van der Waals surface area (Å²) in [6.07, 6.45) is -3.90. The van der Waals surface area contributed by atoms with Crippen LogP contribution in [-0.2, 0) is 23.9 Å². The lowest BCUT2D eigenvalue weighted by Gasteiger charge is -2.26. The number of carboxylic acids is 1. The molecule has 1 saturated heterocycles. The van der Waals surface area contributed by atoms with Crippen LogP contribution in [0.4, 0.5) is 22.4 Å². The predicted octanol–water partition coefficient (Wildman–Crippen LogP) is 6.01. The van der Waals surface area contributed by atoms with E-state index in [9.17, 15) is 32.3 Å². The first-order chi connectivity index (χ1) is 19.4. The zero-order valence-electron chi connectivity index (χ0n) is 22.5. The SMILES string of the molecule is CN1C(=O)N(Cc2ccc(C(F)(F)F)cc2)CC1CCOc1ccc(CC(C)(Oc2ccccc2F)C(=O)O)cc1. The highest BCUT2D eigenvalue weighted by atomic mass is 19.4. The highest BCUT2D eigenvalue weighted by Crippen LogP contribution is 2.30. The number of ether oxygens (including phenoxy) is 2. The molecule has 0 bridgehead atoms. The summed E-state index contributed by atoms with van der Waals surface area (Å²) in [7, 11) is 1.68. The molecule has 0 aliphatic carbocycles. The van der Waals surface area contributed by atoms with Crippen LogP contribution >= 0.6 is 0 Å². The number of benzene rings is 3. The van der Waals surface area contributed by atoms with E-state index in [0.29, 0.717) is 36.4 Å². The molecule has 2 unspecified atom stereocenters. The summed E-state index contributed by atoms with van der Waals surface area (Å²) in [6, 6.07) is 16.8. The lowest BCUT2D eigenvalue weighted by atomic mass is 9.96. The van der Waals surface area contributed by atoms with E-state index in [1.807, 2.05) is 0 Å². The number of halogens is 4. The molecule has 1 aliphatic rings. The van der Waals surface area contributed by atoms with Crippen molar-refractivity contribution in [2.24, 2.45) is 0 Å². The molecule has 0 radical (unpaired) electrons. The maximum Gasteiger partial charge on any atom is 0.416 e. The molecule has 2 amide bonds. The van der Waals surface area contributed by atoms with Gasteiger partial charge in [0, 0.05) is 33.0 Å². The summed E-state index contributed by atoms with van der Waals surface area (Å²) in [6.45, 7) is 2.30. The maximum atomic E-state index is 14.0. The fourth-order valence-corrected chi connectivity index (χ4v) is 4.60. The van der Waals surface area contributed by atoms with Crippen LogP contribution in [0.1, 0.15) is 30.0 Å². The third kappa shape index (κ3) is 7.27. The average Bonchev–Trinajstić information content (AvgIpc) is 3.18. The van der Waals surface area contributed by atoms with Crippen LogP contribution < -0.4 is 9.47 Å². The van der Waals surface area contributed by atoms with Crippen molar-refractivity contribution in [1.29, 1.82) is 0 Å². The number of carbonyl (C=O) groups excluding carboxylic acids is 1. The molecule has 0 spiro atoms. The highest BCUT2D eigenvalue weighted by molar-refractivity contribution is 5.78. The minimum Gasteiger partial charge on any atom is -0.494 e. The average molecular weight is 575 g/mol. The zero-order valence-corrected chi connectivity index (χ0v) is 22.5. The van der Waals surface area contributed by atoms with Gasteiger partial charge in [0.05, 0.1) is 18.2 Å². The fourth-order valence-electron chi connectivity index (χ4n) is 4.60. The van der Waals surface area contributed by atoms with Gasteiger partial charge in [0.1, 0.15) is 5.75 Å². The van der Waals surface area contributed by atoms with Gasteiger partial charge in [-0.05, 0) is 54.4 Å². The van der Waals surface area contributed by atoms with Gasteiger partial charge in [0.15, 0.2) is 11.6 Å². The van der Waals surface area contributed by atoms with E-state index in [2.05, 4.69) is 0 Å². The van der Waals surface area contributed by atoms with Crippen molar-refractivity contribution in [3.8, 4) is 11.5 Å². The second-order valence-corrected chi connectivity index (χ2v) is 10.1. The third-order valence-electron chi connectivity index (χ3n) is 7.01. The van der Waals surface area contributed by atoms with Gasteiger partial charge < -0.3 is 24.4 Å². The van der Waals surface area contributed by atoms with Crippen molar-refractivity contribution in [1.82, 2.24) is 9.80 Å². The largest absolute Gasteiger partial charge is 0.494 e. The molecule has 3 aromatic rings. The second-order valence-electron chi connectivity index (χ2n) is 10.1. The Balaban J connectivity index is 1.28. The topological polar surface area (TPSA) is 79.3 Å². The Morgan fingerprint density at radius 2 is 1.63 bits per heavy atom. The van der Waals surface area contributed by atoms with Crippen LogP contribution in [0.3, 0.4) is 0 Å². The van der Waals surface area contributed by atoms with Gasteiger partial charge in [-0.1, -0.05) is 36.4 Å². The van der Waals surface area contributed by atoms with E-state index in [0.717, 1.165) is 12.1 Å². The van der Waals surface area contributed by atoms with Crippen LogP contribution in [0.15, 0.2) is 72.8 Å². The number of aliphatic carboxylic acids is 1. The second kappa shape index (κ2) is 12.1. The first kappa shape index (κ1) is 29.7. The molecule has 1 heterocycles. The van der Waals surface area contributed by atoms with Crippen LogP contribution in [-0.4, -0.2) is 58.7 Å². The van der Waals surface area contributed by atoms with Gasteiger partial charge in [-0.15, -0.1) is 0 Å². The molecule has 2 atom stereocenters. The normalized spacial score (nSPS) is 16.9. The van der Waals surface area contributed by atoms with Crippen molar-refractivity contribution in [2.75, 3.05) is 20.2 Å². The van der Waals surface area contributed by atoms with Gasteiger partial charge in [0.2, 0.25) is 5.60 Å². The van der Waals surface area contributed by atoms with E-state index in [1.165, 1.54) is 37.3 Å². The van der Waals surface area contributed by atoms with E-state index >= 15 is 0 Å². The third-order valence-corrected chi connectivity index (χ3v) is 7.01. The van der Waals surface area contributed by atoms with Crippen molar-refractivity contribution in [3.05, 3.63) is 95.3 Å². The summed E-state index contributed by atoms with van der Waals surface area (Å²) in [5, 5.41) is 9.76. The van der Waals surface area contributed by atoms with E-state index in [-0.39, 0.29) is 30.8 Å². The molecular formula is C30H30F4N2O5. The van der Waals surface area contributed by atoms with Crippen LogP contribution in [0.2, 0.25) is 0 Å². The smallest absolute Gasteiger partial charge is 0.416 e. The number of likely N-dealkylation sites (N-methyl/N-ethyl adjacent to an activating group) is 1. The minimum atomic E-state index is -4.41. The summed E-state index contributed by atoms with van der Waals surface area (Å²) in [5.41, 5.74) is -1.18. The Morgan fingerprint density at radius 3 is 2.24 bits per heavy atom. The van der Waals surface area contributed by atoms with Gasteiger partial charge in [-0.25, -0.2) is 14.0 Å². The summed E-state index contributed by atoms with van der Waals surface area (Å²) >= 11 is 0. The van der Waals surface area contributed by atoms with Crippen LogP contribution in [0.25, 0.3) is 0 Å². The minimum absolute atomic E-state index is 0.0132. The number of para-hydroxylation sites is 1. The van der Waals surface area contributed by atoms with E-state index in [4.69, 9.17) is 9.47 Å². The van der Waals surface area contributed by atoms with Crippen molar-refractivity contribution >= 4 is 12.0 Å². The standard InChI is InChI=1S/C30H30F4N2O5/c1-29(27(37)38,41-26-6-4-3-5-25(26)31)17-20-9-13-24(14-10-20)40-16-15-23-19-36(28(39)35(23)2)18-21-7-11-22(12-8-21)30(32,33)34/h3-14,23H,15-19H2,1-2H3,(H,37,38). The monoisotopic (exact) mass is 574 g/mol. The van der Waals surface area contributed by atoms with E-state index in [1.54, 1.807) is 47.2 Å². The molecule has 218 valence electrons. The summed E-state index contributed by atoms with van der Waals surface area (Å²) in [5.74, 6) is -1.48. The van der Waals surface area contributed by atoms with Gasteiger partial charge in [0.25, 0.3) is 0 Å². The highest BCUT2D eigenvalue weighted by Gasteiger charge is 2.37. The number of nitrogens with zero attached hydrogens (tertiary/aromatic N) is 2. The number of carboxylic acid groups (broad SMARTS) is 1. The Bertz CT molecular complexity index is 1360. The maximum absolute atomic E-state index is 14.0. The van der Waals surface area contributed by atoms with Crippen LogP contribution in [0, 0.1) is 5.82 Å².